The summed E-state index contributed by atoms with van der Waals surface area (Å²) in [6, 6.07) is 2.19. The van der Waals surface area contributed by atoms with Crippen molar-refractivity contribution in [3.63, 3.8) is 0 Å². The lowest BCUT2D eigenvalue weighted by atomic mass is 10.1. The molecule has 3 aromatic heterocycles. The maximum atomic E-state index is 5.62. The molecule has 0 radical (unpaired) electrons. The molecule has 0 amide bonds. The molecule has 8 nitrogen and oxygen atoms in total. The number of nitrogens with zero attached hydrogens (tertiary/aromatic N) is 7. The number of hydrogen-bond acceptors (Lipinski definition) is 7. The van der Waals surface area contributed by atoms with Crippen molar-refractivity contribution in [2.45, 2.75) is 31.7 Å². The van der Waals surface area contributed by atoms with Crippen molar-refractivity contribution >= 4 is 16.7 Å². The summed E-state index contributed by atoms with van der Waals surface area (Å²) in [5, 5.41) is 9.87. The number of rotatable bonds is 3. The van der Waals surface area contributed by atoms with E-state index in [0.29, 0.717) is 5.92 Å². The second kappa shape index (κ2) is 5.77. The number of piperazine rings is 1. The van der Waals surface area contributed by atoms with Crippen LogP contribution in [-0.4, -0.2) is 56.5 Å². The fourth-order valence-corrected chi connectivity index (χ4v) is 3.87. The van der Waals surface area contributed by atoms with Gasteiger partial charge in [0.2, 0.25) is 5.89 Å². The van der Waals surface area contributed by atoms with Crippen LogP contribution < -0.4 is 4.90 Å². The van der Waals surface area contributed by atoms with E-state index >= 15 is 0 Å². The smallest absolute Gasteiger partial charge is 0.245 e. The Kier molecular flexibility index (Phi) is 3.49. The molecule has 0 spiro atoms. The normalized spacial score (nSPS) is 21.7. The SMILES string of the molecule is Cc1nn(C)c2nccc(N3CCN(C)[C@@H](c4nc(C5CC5)no4)C3)c12. The molecule has 1 aliphatic carbocycles. The van der Waals surface area contributed by atoms with Crippen LogP contribution in [0.5, 0.6) is 0 Å². The zero-order valence-corrected chi connectivity index (χ0v) is 15.4. The molecule has 5 rings (SSSR count). The first-order valence-corrected chi connectivity index (χ1v) is 9.19. The second-order valence-corrected chi connectivity index (χ2v) is 7.45. The first-order chi connectivity index (χ1) is 12.6. The Morgan fingerprint density at radius 1 is 1.19 bits per heavy atom. The summed E-state index contributed by atoms with van der Waals surface area (Å²) in [5.74, 6) is 2.11. The van der Waals surface area contributed by atoms with Crippen LogP contribution in [0.15, 0.2) is 16.8 Å². The molecule has 1 atom stereocenters. The molecule has 136 valence electrons. The van der Waals surface area contributed by atoms with Crippen molar-refractivity contribution < 1.29 is 4.52 Å². The minimum atomic E-state index is 0.101. The summed E-state index contributed by atoms with van der Waals surface area (Å²) in [6.07, 6.45) is 4.23. The van der Waals surface area contributed by atoms with Crippen LogP contribution >= 0.6 is 0 Å². The molecule has 2 fully saturated rings. The van der Waals surface area contributed by atoms with Crippen LogP contribution in [-0.2, 0) is 7.05 Å². The highest BCUT2D eigenvalue weighted by atomic mass is 16.5. The van der Waals surface area contributed by atoms with E-state index in [4.69, 9.17) is 4.52 Å². The minimum Gasteiger partial charge on any atom is -0.367 e. The topological polar surface area (TPSA) is 76.1 Å². The summed E-state index contributed by atoms with van der Waals surface area (Å²) in [6.45, 7) is 4.75. The van der Waals surface area contributed by atoms with Gasteiger partial charge in [-0.2, -0.15) is 10.1 Å². The number of fused-ring (bicyclic) bond motifs is 1. The lowest BCUT2D eigenvalue weighted by Crippen LogP contribution is -2.47. The molecule has 1 saturated heterocycles. The fourth-order valence-electron chi connectivity index (χ4n) is 3.87. The number of likely N-dealkylation sites (N-methyl/N-ethyl adjacent to an activating group) is 1. The van der Waals surface area contributed by atoms with Gasteiger partial charge in [0, 0.05) is 38.8 Å². The van der Waals surface area contributed by atoms with Gasteiger partial charge in [0.15, 0.2) is 11.5 Å². The summed E-state index contributed by atoms with van der Waals surface area (Å²) < 4.78 is 7.47. The van der Waals surface area contributed by atoms with E-state index in [1.165, 1.54) is 18.5 Å². The van der Waals surface area contributed by atoms with Gasteiger partial charge in [-0.3, -0.25) is 9.58 Å². The Morgan fingerprint density at radius 3 is 2.85 bits per heavy atom. The van der Waals surface area contributed by atoms with Crippen LogP contribution in [0.3, 0.4) is 0 Å². The van der Waals surface area contributed by atoms with Gasteiger partial charge in [0.25, 0.3) is 0 Å². The molecular formula is C18H23N7O. The van der Waals surface area contributed by atoms with Gasteiger partial charge in [-0.05, 0) is 32.9 Å². The van der Waals surface area contributed by atoms with Crippen LogP contribution in [0.25, 0.3) is 11.0 Å². The van der Waals surface area contributed by atoms with Crippen molar-refractivity contribution in [3.8, 4) is 0 Å². The summed E-state index contributed by atoms with van der Waals surface area (Å²) in [4.78, 5) is 13.9. The summed E-state index contributed by atoms with van der Waals surface area (Å²) in [7, 11) is 4.07. The Morgan fingerprint density at radius 2 is 2.04 bits per heavy atom. The largest absolute Gasteiger partial charge is 0.367 e. The highest BCUT2D eigenvalue weighted by Gasteiger charge is 2.34. The number of aromatic nitrogens is 5. The zero-order chi connectivity index (χ0) is 17.8. The summed E-state index contributed by atoms with van der Waals surface area (Å²) >= 11 is 0. The van der Waals surface area contributed by atoms with Crippen LogP contribution in [0.4, 0.5) is 5.69 Å². The number of aryl methyl sites for hydroxylation is 2. The molecule has 0 N–H and O–H groups in total. The Balaban J connectivity index is 1.48. The fraction of sp³-hybridized carbons (Fsp3) is 0.556. The number of pyridine rings is 1. The predicted molar refractivity (Wildman–Crippen MR) is 97.1 cm³/mol. The van der Waals surface area contributed by atoms with E-state index in [2.05, 4.69) is 43.1 Å². The van der Waals surface area contributed by atoms with Gasteiger partial charge < -0.3 is 9.42 Å². The van der Waals surface area contributed by atoms with E-state index in [-0.39, 0.29) is 6.04 Å². The molecule has 0 bridgehead atoms. The molecule has 3 aromatic rings. The van der Waals surface area contributed by atoms with Crippen LogP contribution in [0, 0.1) is 6.92 Å². The van der Waals surface area contributed by atoms with Crippen molar-refractivity contribution in [2.24, 2.45) is 7.05 Å². The second-order valence-electron chi connectivity index (χ2n) is 7.45. The van der Waals surface area contributed by atoms with Crippen molar-refractivity contribution in [2.75, 3.05) is 31.6 Å². The third kappa shape index (κ3) is 2.47. The summed E-state index contributed by atoms with van der Waals surface area (Å²) in [5.41, 5.74) is 3.11. The monoisotopic (exact) mass is 353 g/mol. The molecule has 4 heterocycles. The minimum absolute atomic E-state index is 0.101. The van der Waals surface area contributed by atoms with Gasteiger partial charge in [-0.25, -0.2) is 4.98 Å². The molecule has 26 heavy (non-hydrogen) atoms. The molecule has 0 aromatic carbocycles. The standard InChI is InChI=1S/C18H23N7O/c1-11-15-13(6-7-19-17(15)24(3)21-11)25-9-8-23(2)14(10-25)18-20-16(22-26-18)12-4-5-12/h6-7,12,14H,4-5,8-10H2,1-3H3/t14-/m1/s1. The number of anilines is 1. The van der Waals surface area contributed by atoms with Gasteiger partial charge >= 0.3 is 0 Å². The average molecular weight is 353 g/mol. The molecule has 8 heteroatoms. The zero-order valence-electron chi connectivity index (χ0n) is 15.4. The predicted octanol–water partition coefficient (Wildman–Crippen LogP) is 2.03. The molecule has 1 aliphatic heterocycles. The maximum Gasteiger partial charge on any atom is 0.245 e. The Hall–Kier alpha value is -2.48. The van der Waals surface area contributed by atoms with E-state index in [1.807, 2.05) is 24.9 Å². The highest BCUT2D eigenvalue weighted by Crippen LogP contribution is 2.39. The van der Waals surface area contributed by atoms with Gasteiger partial charge in [0.05, 0.1) is 16.8 Å². The van der Waals surface area contributed by atoms with Crippen molar-refractivity contribution in [1.82, 2.24) is 29.8 Å². The van der Waals surface area contributed by atoms with Crippen molar-refractivity contribution in [3.05, 3.63) is 29.7 Å². The third-order valence-electron chi connectivity index (χ3n) is 5.55. The van der Waals surface area contributed by atoms with Crippen LogP contribution in [0.2, 0.25) is 0 Å². The average Bonchev–Trinajstić information content (AvgIpc) is 3.30. The van der Waals surface area contributed by atoms with Crippen LogP contribution in [0.1, 0.15) is 42.2 Å². The highest BCUT2D eigenvalue weighted by molar-refractivity contribution is 5.92. The molecule has 0 unspecified atom stereocenters. The van der Waals surface area contributed by atoms with Gasteiger partial charge in [-0.1, -0.05) is 5.16 Å². The van der Waals surface area contributed by atoms with E-state index in [9.17, 15) is 0 Å². The van der Waals surface area contributed by atoms with Crippen molar-refractivity contribution in [1.29, 1.82) is 0 Å². The van der Waals surface area contributed by atoms with E-state index < -0.39 is 0 Å². The first-order valence-electron chi connectivity index (χ1n) is 9.19. The Bertz CT molecular complexity index is 958. The van der Waals surface area contributed by atoms with E-state index in [0.717, 1.165) is 48.1 Å². The van der Waals surface area contributed by atoms with Gasteiger partial charge in [-0.15, -0.1) is 0 Å². The first kappa shape index (κ1) is 15.7. The molecular weight excluding hydrogens is 330 g/mol. The third-order valence-corrected chi connectivity index (χ3v) is 5.55. The molecule has 2 aliphatic rings. The van der Waals surface area contributed by atoms with E-state index in [1.54, 1.807) is 0 Å². The number of hydrogen-bond donors (Lipinski definition) is 0. The lowest BCUT2D eigenvalue weighted by molar-refractivity contribution is 0.178. The molecule has 1 saturated carbocycles. The quantitative estimate of drug-likeness (QED) is 0.713. The van der Waals surface area contributed by atoms with Gasteiger partial charge in [0.1, 0.15) is 6.04 Å². The maximum absolute atomic E-state index is 5.62. The lowest BCUT2D eigenvalue weighted by Gasteiger charge is -2.39. The Labute approximate surface area is 151 Å².